The summed E-state index contributed by atoms with van der Waals surface area (Å²) in [6, 6.07) is 13.4. The van der Waals surface area contributed by atoms with Gasteiger partial charge in [-0.1, -0.05) is 36.4 Å². The minimum Gasteiger partial charge on any atom is -0.482 e. The van der Waals surface area contributed by atoms with E-state index in [1.54, 1.807) is 50.2 Å². The van der Waals surface area contributed by atoms with Crippen molar-refractivity contribution in [2.24, 2.45) is 0 Å². The van der Waals surface area contributed by atoms with E-state index in [2.05, 4.69) is 0 Å². The molecule has 1 unspecified atom stereocenters. The van der Waals surface area contributed by atoms with Crippen molar-refractivity contribution in [1.82, 2.24) is 0 Å². The predicted molar refractivity (Wildman–Crippen MR) is 78.7 cm³/mol. The zero-order valence-corrected chi connectivity index (χ0v) is 11.8. The zero-order chi connectivity index (χ0) is 15.4. The molecule has 0 heterocycles. The van der Waals surface area contributed by atoms with Crippen molar-refractivity contribution in [2.45, 2.75) is 20.0 Å². The molecule has 0 spiro atoms. The van der Waals surface area contributed by atoms with Crippen molar-refractivity contribution in [3.8, 4) is 5.75 Å². The number of nitro groups is 1. The number of rotatable bonds is 5. The third-order valence-corrected chi connectivity index (χ3v) is 3.18. The van der Waals surface area contributed by atoms with Crippen molar-refractivity contribution in [1.29, 1.82) is 0 Å². The number of Topliss-reactive ketones (excluding diaryl/α,β-unsaturated/α-hetero) is 1. The highest BCUT2D eigenvalue weighted by Crippen LogP contribution is 2.28. The largest absolute Gasteiger partial charge is 0.482 e. The maximum Gasteiger partial charge on any atom is 0.276 e. The summed E-state index contributed by atoms with van der Waals surface area (Å²) < 4.78 is 5.60. The van der Waals surface area contributed by atoms with Crippen LogP contribution in [0.4, 0.5) is 5.69 Å². The third kappa shape index (κ3) is 3.25. The smallest absolute Gasteiger partial charge is 0.276 e. The van der Waals surface area contributed by atoms with Gasteiger partial charge in [-0.15, -0.1) is 0 Å². The fourth-order valence-corrected chi connectivity index (χ4v) is 2.01. The average Bonchev–Trinajstić information content (AvgIpc) is 2.49. The van der Waals surface area contributed by atoms with Crippen LogP contribution in [0, 0.1) is 17.0 Å². The number of benzene rings is 2. The molecule has 0 radical (unpaired) electrons. The van der Waals surface area contributed by atoms with Crippen molar-refractivity contribution in [2.75, 3.05) is 0 Å². The van der Waals surface area contributed by atoms with Gasteiger partial charge < -0.3 is 4.74 Å². The van der Waals surface area contributed by atoms with Crippen LogP contribution in [0.5, 0.6) is 5.75 Å². The summed E-state index contributed by atoms with van der Waals surface area (Å²) in [5.74, 6) is 0.183. The summed E-state index contributed by atoms with van der Waals surface area (Å²) in [7, 11) is 0. The monoisotopic (exact) mass is 285 g/mol. The zero-order valence-electron chi connectivity index (χ0n) is 11.8. The van der Waals surface area contributed by atoms with Gasteiger partial charge in [0.25, 0.3) is 5.69 Å². The lowest BCUT2D eigenvalue weighted by Gasteiger charge is -2.15. The van der Waals surface area contributed by atoms with Crippen LogP contribution in [-0.4, -0.2) is 16.8 Å². The SMILES string of the molecule is Cc1c(OC(C)C(=O)c2ccccc2)cccc1[N+](=O)[O-]. The Kier molecular flexibility index (Phi) is 4.33. The standard InChI is InChI=1S/C16H15NO4/c1-11-14(17(19)20)9-6-10-15(11)21-12(2)16(18)13-7-4-3-5-8-13/h3-10,12H,1-2H3. The highest BCUT2D eigenvalue weighted by molar-refractivity contribution is 5.99. The van der Waals surface area contributed by atoms with Crippen LogP contribution >= 0.6 is 0 Å². The fraction of sp³-hybridized carbons (Fsp3) is 0.188. The Hall–Kier alpha value is -2.69. The van der Waals surface area contributed by atoms with Crippen LogP contribution < -0.4 is 4.74 Å². The molecule has 0 saturated carbocycles. The molecule has 0 aliphatic rings. The molecular formula is C16H15NO4. The van der Waals surface area contributed by atoms with Crippen LogP contribution in [-0.2, 0) is 0 Å². The molecule has 0 fully saturated rings. The molecule has 5 nitrogen and oxygen atoms in total. The van der Waals surface area contributed by atoms with E-state index in [-0.39, 0.29) is 11.5 Å². The number of carbonyl (C=O) groups excluding carboxylic acids is 1. The predicted octanol–water partition coefficient (Wildman–Crippen LogP) is 3.55. The number of hydrogen-bond acceptors (Lipinski definition) is 4. The first-order valence-electron chi connectivity index (χ1n) is 6.50. The second-order valence-electron chi connectivity index (χ2n) is 4.65. The quantitative estimate of drug-likeness (QED) is 0.478. The summed E-state index contributed by atoms with van der Waals surface area (Å²) in [5.41, 5.74) is 0.940. The van der Waals surface area contributed by atoms with Gasteiger partial charge >= 0.3 is 0 Å². The Balaban J connectivity index is 2.20. The van der Waals surface area contributed by atoms with Crippen molar-refractivity contribution in [3.63, 3.8) is 0 Å². The maximum atomic E-state index is 12.2. The number of hydrogen-bond donors (Lipinski definition) is 0. The van der Waals surface area contributed by atoms with E-state index >= 15 is 0 Å². The molecule has 2 aromatic carbocycles. The molecule has 5 heteroatoms. The summed E-state index contributed by atoms with van der Waals surface area (Å²) in [4.78, 5) is 22.7. The van der Waals surface area contributed by atoms with Crippen LogP contribution in [0.25, 0.3) is 0 Å². The van der Waals surface area contributed by atoms with Crippen molar-refractivity contribution < 1.29 is 14.5 Å². The van der Waals surface area contributed by atoms with Gasteiger partial charge in [0.2, 0.25) is 5.78 Å². The van der Waals surface area contributed by atoms with Gasteiger partial charge in [-0.05, 0) is 19.9 Å². The van der Waals surface area contributed by atoms with E-state index in [0.29, 0.717) is 16.9 Å². The van der Waals surface area contributed by atoms with E-state index in [1.165, 1.54) is 6.07 Å². The van der Waals surface area contributed by atoms with Gasteiger partial charge in [-0.3, -0.25) is 14.9 Å². The van der Waals surface area contributed by atoms with Gasteiger partial charge in [0.05, 0.1) is 10.5 Å². The lowest BCUT2D eigenvalue weighted by molar-refractivity contribution is -0.385. The van der Waals surface area contributed by atoms with E-state index in [4.69, 9.17) is 4.74 Å². The molecular weight excluding hydrogens is 270 g/mol. The van der Waals surface area contributed by atoms with Gasteiger partial charge in [0.15, 0.2) is 6.10 Å². The Bertz CT molecular complexity index is 667. The molecule has 2 aromatic rings. The average molecular weight is 285 g/mol. The van der Waals surface area contributed by atoms with E-state index in [0.717, 1.165) is 0 Å². The Labute approximate surface area is 122 Å². The Morgan fingerprint density at radius 1 is 1.14 bits per heavy atom. The molecule has 2 rings (SSSR count). The lowest BCUT2D eigenvalue weighted by atomic mass is 10.1. The van der Waals surface area contributed by atoms with Gasteiger partial charge in [0, 0.05) is 11.6 Å². The van der Waals surface area contributed by atoms with Gasteiger partial charge in [-0.25, -0.2) is 0 Å². The summed E-state index contributed by atoms with van der Waals surface area (Å²) in [6.07, 6.45) is -0.715. The number of ether oxygens (including phenoxy) is 1. The highest BCUT2D eigenvalue weighted by Gasteiger charge is 2.20. The molecule has 21 heavy (non-hydrogen) atoms. The molecule has 0 aromatic heterocycles. The van der Waals surface area contributed by atoms with E-state index < -0.39 is 11.0 Å². The van der Waals surface area contributed by atoms with Crippen molar-refractivity contribution >= 4 is 11.5 Å². The molecule has 0 aliphatic carbocycles. The van der Waals surface area contributed by atoms with Crippen LogP contribution in [0.15, 0.2) is 48.5 Å². The first kappa shape index (κ1) is 14.7. The number of nitro benzene ring substituents is 1. The molecule has 1 atom stereocenters. The normalized spacial score (nSPS) is 11.7. The lowest BCUT2D eigenvalue weighted by Crippen LogP contribution is -2.24. The molecule has 0 amide bonds. The van der Waals surface area contributed by atoms with Gasteiger partial charge in [-0.2, -0.15) is 0 Å². The summed E-state index contributed by atoms with van der Waals surface area (Å²) >= 11 is 0. The van der Waals surface area contributed by atoms with Crippen LogP contribution in [0.3, 0.4) is 0 Å². The first-order valence-corrected chi connectivity index (χ1v) is 6.50. The second-order valence-corrected chi connectivity index (χ2v) is 4.65. The number of nitrogens with zero attached hydrogens (tertiary/aromatic N) is 1. The third-order valence-electron chi connectivity index (χ3n) is 3.18. The van der Waals surface area contributed by atoms with Crippen LogP contribution in [0.1, 0.15) is 22.8 Å². The topological polar surface area (TPSA) is 69.4 Å². The molecule has 0 N–H and O–H groups in total. The summed E-state index contributed by atoms with van der Waals surface area (Å²) in [6.45, 7) is 3.24. The molecule has 108 valence electrons. The summed E-state index contributed by atoms with van der Waals surface area (Å²) in [5, 5.41) is 10.9. The minimum absolute atomic E-state index is 0.0214. The van der Waals surface area contributed by atoms with E-state index in [1.807, 2.05) is 6.07 Å². The molecule has 0 bridgehead atoms. The first-order chi connectivity index (χ1) is 10.0. The number of ketones is 1. The van der Waals surface area contributed by atoms with Gasteiger partial charge in [0.1, 0.15) is 5.75 Å². The van der Waals surface area contributed by atoms with Crippen molar-refractivity contribution in [3.05, 3.63) is 69.8 Å². The fourth-order valence-electron chi connectivity index (χ4n) is 2.01. The molecule has 0 saturated heterocycles. The second kappa shape index (κ2) is 6.17. The maximum absolute atomic E-state index is 12.2. The highest BCUT2D eigenvalue weighted by atomic mass is 16.6. The Morgan fingerprint density at radius 3 is 2.43 bits per heavy atom. The minimum atomic E-state index is -0.715. The molecule has 0 aliphatic heterocycles. The number of carbonyl (C=O) groups is 1. The van der Waals surface area contributed by atoms with Crippen LogP contribution in [0.2, 0.25) is 0 Å². The Morgan fingerprint density at radius 2 is 1.81 bits per heavy atom. The van der Waals surface area contributed by atoms with E-state index in [9.17, 15) is 14.9 Å².